The number of phenols is 1. The summed E-state index contributed by atoms with van der Waals surface area (Å²) in [4.78, 5) is 15.8. The standard InChI is InChI=1S/C15H22N2O2/c1-11(18)14-5-4-13(10-15(14)19)17-8-6-12(7-9-17)16(2)3/h4-5,10,12,19H,6-9H2,1-3H3. The van der Waals surface area contributed by atoms with Gasteiger partial charge in [0.15, 0.2) is 5.78 Å². The van der Waals surface area contributed by atoms with Gasteiger partial charge in [-0.05, 0) is 46.0 Å². The van der Waals surface area contributed by atoms with Crippen molar-refractivity contribution in [3.63, 3.8) is 0 Å². The first-order chi connectivity index (χ1) is 8.99. The number of nitrogens with zero attached hydrogens (tertiary/aromatic N) is 2. The van der Waals surface area contributed by atoms with Crippen molar-refractivity contribution in [2.45, 2.75) is 25.8 Å². The highest BCUT2D eigenvalue weighted by atomic mass is 16.3. The molecule has 0 bridgehead atoms. The monoisotopic (exact) mass is 262 g/mol. The molecule has 1 aliphatic rings. The Morgan fingerprint density at radius 3 is 2.42 bits per heavy atom. The van der Waals surface area contributed by atoms with Gasteiger partial charge < -0.3 is 14.9 Å². The highest BCUT2D eigenvalue weighted by Crippen LogP contribution is 2.27. The number of aromatic hydroxyl groups is 1. The van der Waals surface area contributed by atoms with Crippen LogP contribution < -0.4 is 4.90 Å². The number of anilines is 1. The highest BCUT2D eigenvalue weighted by molar-refractivity contribution is 5.97. The van der Waals surface area contributed by atoms with Gasteiger partial charge in [0.1, 0.15) is 5.75 Å². The molecule has 1 heterocycles. The lowest BCUT2D eigenvalue weighted by Crippen LogP contribution is -2.41. The van der Waals surface area contributed by atoms with Crippen LogP contribution in [0.25, 0.3) is 0 Å². The molecular formula is C15H22N2O2. The zero-order valence-electron chi connectivity index (χ0n) is 11.9. The van der Waals surface area contributed by atoms with E-state index < -0.39 is 0 Å². The maximum Gasteiger partial charge on any atom is 0.163 e. The third-order valence-corrected chi connectivity index (χ3v) is 3.92. The summed E-state index contributed by atoms with van der Waals surface area (Å²) in [5.74, 6) is -0.0184. The van der Waals surface area contributed by atoms with E-state index in [1.807, 2.05) is 6.07 Å². The molecule has 0 radical (unpaired) electrons. The summed E-state index contributed by atoms with van der Waals surface area (Å²) in [6.45, 7) is 3.45. The first kappa shape index (κ1) is 13.9. The van der Waals surface area contributed by atoms with Crippen molar-refractivity contribution < 1.29 is 9.90 Å². The number of hydrogen-bond donors (Lipinski definition) is 1. The zero-order chi connectivity index (χ0) is 14.0. The Morgan fingerprint density at radius 1 is 1.32 bits per heavy atom. The molecule has 1 fully saturated rings. The van der Waals surface area contributed by atoms with Crippen molar-refractivity contribution >= 4 is 11.5 Å². The van der Waals surface area contributed by atoms with Crippen LogP contribution in [0.4, 0.5) is 5.69 Å². The molecule has 1 N–H and O–H groups in total. The van der Waals surface area contributed by atoms with Crippen LogP contribution in [0, 0.1) is 0 Å². The van der Waals surface area contributed by atoms with Crippen LogP contribution in [-0.4, -0.2) is 49.0 Å². The first-order valence-corrected chi connectivity index (χ1v) is 6.74. The first-order valence-electron chi connectivity index (χ1n) is 6.74. The number of carbonyl (C=O) groups excluding carboxylic acids is 1. The van der Waals surface area contributed by atoms with Gasteiger partial charge in [0.05, 0.1) is 5.56 Å². The number of hydrogen-bond acceptors (Lipinski definition) is 4. The molecule has 0 amide bonds. The smallest absolute Gasteiger partial charge is 0.163 e. The number of phenolic OH excluding ortho intramolecular Hbond substituents is 1. The lowest BCUT2D eigenvalue weighted by molar-refractivity contribution is 0.101. The van der Waals surface area contributed by atoms with E-state index >= 15 is 0 Å². The summed E-state index contributed by atoms with van der Waals surface area (Å²) in [7, 11) is 4.24. The summed E-state index contributed by atoms with van der Waals surface area (Å²) in [5.41, 5.74) is 1.40. The number of ketones is 1. The van der Waals surface area contributed by atoms with Gasteiger partial charge in [-0.15, -0.1) is 0 Å². The molecule has 0 spiro atoms. The van der Waals surface area contributed by atoms with Gasteiger partial charge in [-0.1, -0.05) is 0 Å². The van der Waals surface area contributed by atoms with E-state index in [-0.39, 0.29) is 11.5 Å². The van der Waals surface area contributed by atoms with Gasteiger partial charge >= 0.3 is 0 Å². The fraction of sp³-hybridized carbons (Fsp3) is 0.533. The SMILES string of the molecule is CC(=O)c1ccc(N2CCC(N(C)C)CC2)cc1O. The minimum atomic E-state index is -0.102. The minimum Gasteiger partial charge on any atom is -0.507 e. The fourth-order valence-electron chi connectivity index (χ4n) is 2.65. The normalized spacial score (nSPS) is 16.9. The molecule has 0 saturated carbocycles. The molecule has 1 aromatic carbocycles. The van der Waals surface area contributed by atoms with E-state index in [2.05, 4.69) is 23.9 Å². The molecule has 19 heavy (non-hydrogen) atoms. The van der Waals surface area contributed by atoms with Gasteiger partial charge in [-0.25, -0.2) is 0 Å². The molecule has 4 nitrogen and oxygen atoms in total. The average Bonchev–Trinajstić information content (AvgIpc) is 2.38. The van der Waals surface area contributed by atoms with E-state index in [1.54, 1.807) is 12.1 Å². The third-order valence-electron chi connectivity index (χ3n) is 3.92. The van der Waals surface area contributed by atoms with Crippen LogP contribution in [0.1, 0.15) is 30.1 Å². The largest absolute Gasteiger partial charge is 0.507 e. The Hall–Kier alpha value is -1.55. The van der Waals surface area contributed by atoms with E-state index in [1.165, 1.54) is 6.92 Å². The molecule has 0 aliphatic carbocycles. The third kappa shape index (κ3) is 3.07. The van der Waals surface area contributed by atoms with Gasteiger partial charge in [-0.3, -0.25) is 4.79 Å². The molecule has 1 aliphatic heterocycles. The van der Waals surface area contributed by atoms with Gasteiger partial charge in [0, 0.05) is 30.9 Å². The molecule has 0 atom stereocenters. The van der Waals surface area contributed by atoms with Crippen LogP contribution in [-0.2, 0) is 0 Å². The van der Waals surface area contributed by atoms with Crippen LogP contribution in [0.15, 0.2) is 18.2 Å². The van der Waals surface area contributed by atoms with Crippen molar-refractivity contribution in [3.05, 3.63) is 23.8 Å². The number of Topliss-reactive ketones (excluding diaryl/α,β-unsaturated/α-hetero) is 1. The number of carbonyl (C=O) groups is 1. The second kappa shape index (κ2) is 5.61. The second-order valence-corrected chi connectivity index (χ2v) is 5.44. The van der Waals surface area contributed by atoms with Crippen LogP contribution in [0.3, 0.4) is 0 Å². The van der Waals surface area contributed by atoms with Crippen LogP contribution in [0.2, 0.25) is 0 Å². The molecule has 4 heteroatoms. The molecule has 1 aromatic rings. The van der Waals surface area contributed by atoms with Crippen molar-refractivity contribution in [1.82, 2.24) is 4.90 Å². The van der Waals surface area contributed by atoms with Crippen molar-refractivity contribution in [2.75, 3.05) is 32.1 Å². The molecule has 104 valence electrons. The second-order valence-electron chi connectivity index (χ2n) is 5.44. The summed E-state index contributed by atoms with van der Waals surface area (Å²) in [5, 5.41) is 9.88. The minimum absolute atomic E-state index is 0.0831. The highest BCUT2D eigenvalue weighted by Gasteiger charge is 2.21. The number of piperidine rings is 1. The Bertz CT molecular complexity index is 463. The summed E-state index contributed by atoms with van der Waals surface area (Å²) >= 11 is 0. The number of benzene rings is 1. The Labute approximate surface area is 114 Å². The topological polar surface area (TPSA) is 43.8 Å². The predicted octanol–water partition coefficient (Wildman–Crippen LogP) is 2.13. The Kier molecular flexibility index (Phi) is 4.10. The maximum absolute atomic E-state index is 11.3. The Morgan fingerprint density at radius 2 is 1.95 bits per heavy atom. The zero-order valence-corrected chi connectivity index (χ0v) is 11.9. The van der Waals surface area contributed by atoms with Crippen LogP contribution in [0.5, 0.6) is 5.75 Å². The molecule has 0 aromatic heterocycles. The predicted molar refractivity (Wildman–Crippen MR) is 77.0 cm³/mol. The maximum atomic E-state index is 11.3. The molecule has 1 saturated heterocycles. The quantitative estimate of drug-likeness (QED) is 0.847. The van der Waals surface area contributed by atoms with E-state index in [4.69, 9.17) is 0 Å². The summed E-state index contributed by atoms with van der Waals surface area (Å²) < 4.78 is 0. The van der Waals surface area contributed by atoms with E-state index in [0.29, 0.717) is 11.6 Å². The fourth-order valence-corrected chi connectivity index (χ4v) is 2.65. The van der Waals surface area contributed by atoms with Crippen molar-refractivity contribution in [2.24, 2.45) is 0 Å². The van der Waals surface area contributed by atoms with Crippen molar-refractivity contribution in [3.8, 4) is 5.75 Å². The van der Waals surface area contributed by atoms with Crippen molar-refractivity contribution in [1.29, 1.82) is 0 Å². The van der Waals surface area contributed by atoms with Gasteiger partial charge in [0.2, 0.25) is 0 Å². The van der Waals surface area contributed by atoms with Gasteiger partial charge in [-0.2, -0.15) is 0 Å². The lowest BCUT2D eigenvalue weighted by atomic mass is 10.0. The van der Waals surface area contributed by atoms with Crippen LogP contribution >= 0.6 is 0 Å². The van der Waals surface area contributed by atoms with E-state index in [9.17, 15) is 9.90 Å². The molecular weight excluding hydrogens is 240 g/mol. The average molecular weight is 262 g/mol. The number of rotatable bonds is 3. The summed E-state index contributed by atoms with van der Waals surface area (Å²) in [6, 6.07) is 5.98. The molecule has 2 rings (SSSR count). The lowest BCUT2D eigenvalue weighted by Gasteiger charge is -2.36. The van der Waals surface area contributed by atoms with E-state index in [0.717, 1.165) is 31.6 Å². The summed E-state index contributed by atoms with van der Waals surface area (Å²) in [6.07, 6.45) is 2.25. The molecule has 0 unspecified atom stereocenters. The van der Waals surface area contributed by atoms with Gasteiger partial charge in [0.25, 0.3) is 0 Å². The Balaban J connectivity index is 2.08.